The third-order valence-corrected chi connectivity index (χ3v) is 3.02. The van der Waals surface area contributed by atoms with E-state index in [0.29, 0.717) is 6.42 Å². The van der Waals surface area contributed by atoms with Gasteiger partial charge in [-0.05, 0) is 25.5 Å². The zero-order valence-corrected chi connectivity index (χ0v) is 10.7. The van der Waals surface area contributed by atoms with Crippen LogP contribution in [0.3, 0.4) is 0 Å². The second kappa shape index (κ2) is 4.78. The second-order valence-electron chi connectivity index (χ2n) is 4.76. The SMILES string of the molecule is CCCC(C)(N)C(=O)Nc1cccc2[nH]ncc12. The third-order valence-electron chi connectivity index (χ3n) is 3.02. The molecule has 1 unspecified atom stereocenters. The maximum atomic E-state index is 12.1. The van der Waals surface area contributed by atoms with Gasteiger partial charge in [0, 0.05) is 5.39 Å². The standard InChI is InChI=1S/C13H18N4O/c1-3-7-13(2,14)12(18)16-10-5-4-6-11-9(10)8-15-17-11/h4-6,8H,3,7,14H2,1-2H3,(H,15,17)(H,16,18). The highest BCUT2D eigenvalue weighted by molar-refractivity contribution is 6.04. The fraction of sp³-hybridized carbons (Fsp3) is 0.385. The number of anilines is 1. The van der Waals surface area contributed by atoms with E-state index < -0.39 is 5.54 Å². The number of nitrogens with two attached hydrogens (primary N) is 1. The second-order valence-corrected chi connectivity index (χ2v) is 4.76. The Morgan fingerprint density at radius 1 is 1.56 bits per heavy atom. The van der Waals surface area contributed by atoms with Gasteiger partial charge in [-0.1, -0.05) is 19.4 Å². The van der Waals surface area contributed by atoms with Crippen LogP contribution in [0.4, 0.5) is 5.69 Å². The first kappa shape index (κ1) is 12.6. The highest BCUT2D eigenvalue weighted by Crippen LogP contribution is 2.22. The molecule has 1 amide bonds. The van der Waals surface area contributed by atoms with Gasteiger partial charge in [0.05, 0.1) is 22.9 Å². The minimum Gasteiger partial charge on any atom is -0.324 e. The normalized spacial score (nSPS) is 14.4. The van der Waals surface area contributed by atoms with Crippen LogP contribution in [0.15, 0.2) is 24.4 Å². The molecule has 0 spiro atoms. The summed E-state index contributed by atoms with van der Waals surface area (Å²) in [5.74, 6) is -0.168. The number of amides is 1. The van der Waals surface area contributed by atoms with Crippen molar-refractivity contribution in [3.8, 4) is 0 Å². The number of nitrogens with zero attached hydrogens (tertiary/aromatic N) is 1. The molecule has 0 radical (unpaired) electrons. The lowest BCUT2D eigenvalue weighted by Gasteiger charge is -2.23. The molecule has 1 heterocycles. The molecule has 0 fully saturated rings. The average Bonchev–Trinajstić information content (AvgIpc) is 2.78. The molecule has 0 aliphatic heterocycles. The number of nitrogens with one attached hydrogen (secondary N) is 2. The summed E-state index contributed by atoms with van der Waals surface area (Å²) in [4.78, 5) is 12.1. The van der Waals surface area contributed by atoms with Gasteiger partial charge in [0.15, 0.2) is 0 Å². The van der Waals surface area contributed by atoms with E-state index in [-0.39, 0.29) is 5.91 Å². The number of hydrogen-bond acceptors (Lipinski definition) is 3. The van der Waals surface area contributed by atoms with Gasteiger partial charge in [0.2, 0.25) is 5.91 Å². The molecule has 1 aromatic heterocycles. The van der Waals surface area contributed by atoms with E-state index >= 15 is 0 Å². The van der Waals surface area contributed by atoms with E-state index in [1.165, 1.54) is 0 Å². The molecule has 0 saturated heterocycles. The minimum atomic E-state index is -0.847. The molecule has 5 nitrogen and oxygen atoms in total. The molecule has 96 valence electrons. The number of carbonyl (C=O) groups excluding carboxylic acids is 1. The molecule has 4 N–H and O–H groups in total. The Morgan fingerprint density at radius 2 is 2.33 bits per heavy atom. The van der Waals surface area contributed by atoms with Gasteiger partial charge in [-0.2, -0.15) is 5.10 Å². The van der Waals surface area contributed by atoms with Crippen LogP contribution < -0.4 is 11.1 Å². The van der Waals surface area contributed by atoms with Crippen molar-refractivity contribution < 1.29 is 4.79 Å². The number of hydrogen-bond donors (Lipinski definition) is 3. The predicted molar refractivity (Wildman–Crippen MR) is 72.2 cm³/mol. The molecule has 1 atom stereocenters. The summed E-state index contributed by atoms with van der Waals surface area (Å²) in [5.41, 5.74) is 6.78. The van der Waals surface area contributed by atoms with Gasteiger partial charge in [-0.15, -0.1) is 0 Å². The van der Waals surface area contributed by atoms with Crippen molar-refractivity contribution in [2.24, 2.45) is 5.73 Å². The Bertz CT molecular complexity index is 559. The Labute approximate surface area is 106 Å². The van der Waals surface area contributed by atoms with Crippen LogP contribution in [0.1, 0.15) is 26.7 Å². The first-order valence-corrected chi connectivity index (χ1v) is 6.07. The fourth-order valence-corrected chi connectivity index (χ4v) is 1.98. The maximum Gasteiger partial charge on any atom is 0.244 e. The molecule has 5 heteroatoms. The summed E-state index contributed by atoms with van der Waals surface area (Å²) in [6.07, 6.45) is 3.22. The zero-order chi connectivity index (χ0) is 13.2. The van der Waals surface area contributed by atoms with Crippen molar-refractivity contribution in [3.05, 3.63) is 24.4 Å². The van der Waals surface area contributed by atoms with Crippen molar-refractivity contribution >= 4 is 22.5 Å². The van der Waals surface area contributed by atoms with Crippen molar-refractivity contribution in [1.82, 2.24) is 10.2 Å². The van der Waals surface area contributed by atoms with Gasteiger partial charge in [0.1, 0.15) is 0 Å². The lowest BCUT2D eigenvalue weighted by atomic mass is 9.96. The van der Waals surface area contributed by atoms with Gasteiger partial charge < -0.3 is 11.1 Å². The van der Waals surface area contributed by atoms with Crippen molar-refractivity contribution in [2.45, 2.75) is 32.2 Å². The van der Waals surface area contributed by atoms with Crippen LogP contribution in [0, 0.1) is 0 Å². The van der Waals surface area contributed by atoms with Gasteiger partial charge in [-0.3, -0.25) is 9.89 Å². The van der Waals surface area contributed by atoms with Gasteiger partial charge >= 0.3 is 0 Å². The van der Waals surface area contributed by atoms with Gasteiger partial charge in [0.25, 0.3) is 0 Å². The number of rotatable bonds is 4. The number of benzene rings is 1. The van der Waals surface area contributed by atoms with Crippen molar-refractivity contribution in [1.29, 1.82) is 0 Å². The summed E-state index contributed by atoms with van der Waals surface area (Å²) < 4.78 is 0. The molecule has 0 aliphatic rings. The number of aromatic nitrogens is 2. The Morgan fingerprint density at radius 3 is 3.06 bits per heavy atom. The Hall–Kier alpha value is -1.88. The Balaban J connectivity index is 2.24. The summed E-state index contributed by atoms with van der Waals surface area (Å²) in [6.45, 7) is 3.76. The maximum absolute atomic E-state index is 12.1. The van der Waals surface area contributed by atoms with E-state index in [9.17, 15) is 4.79 Å². The molecule has 0 aliphatic carbocycles. The zero-order valence-electron chi connectivity index (χ0n) is 10.7. The molecule has 18 heavy (non-hydrogen) atoms. The molecular formula is C13H18N4O. The highest BCUT2D eigenvalue weighted by atomic mass is 16.2. The highest BCUT2D eigenvalue weighted by Gasteiger charge is 2.27. The number of aromatic amines is 1. The van der Waals surface area contributed by atoms with Crippen molar-refractivity contribution in [2.75, 3.05) is 5.32 Å². The smallest absolute Gasteiger partial charge is 0.244 e. The topological polar surface area (TPSA) is 83.8 Å². The van der Waals surface area contributed by atoms with Gasteiger partial charge in [-0.25, -0.2) is 0 Å². The largest absolute Gasteiger partial charge is 0.324 e. The first-order valence-electron chi connectivity index (χ1n) is 6.07. The summed E-state index contributed by atoms with van der Waals surface area (Å²) >= 11 is 0. The quantitative estimate of drug-likeness (QED) is 0.771. The predicted octanol–water partition coefficient (Wildman–Crippen LogP) is 2.02. The number of fused-ring (bicyclic) bond motifs is 1. The summed E-state index contributed by atoms with van der Waals surface area (Å²) in [7, 11) is 0. The van der Waals surface area contributed by atoms with Crippen LogP contribution in [-0.4, -0.2) is 21.6 Å². The van der Waals surface area contributed by atoms with Crippen LogP contribution in [0.5, 0.6) is 0 Å². The number of H-pyrrole nitrogens is 1. The third kappa shape index (κ3) is 2.36. The molecular weight excluding hydrogens is 228 g/mol. The molecule has 2 aromatic rings. The summed E-state index contributed by atoms with van der Waals surface area (Å²) in [5, 5.41) is 10.6. The van der Waals surface area contributed by atoms with E-state index in [4.69, 9.17) is 5.73 Å². The Kier molecular flexibility index (Phi) is 3.34. The van der Waals surface area contributed by atoms with E-state index in [2.05, 4.69) is 15.5 Å². The first-order chi connectivity index (χ1) is 8.54. The average molecular weight is 246 g/mol. The van der Waals surface area contributed by atoms with Crippen LogP contribution in [-0.2, 0) is 4.79 Å². The number of carbonyl (C=O) groups is 1. The van der Waals surface area contributed by atoms with Crippen LogP contribution >= 0.6 is 0 Å². The van der Waals surface area contributed by atoms with Crippen molar-refractivity contribution in [3.63, 3.8) is 0 Å². The summed E-state index contributed by atoms with van der Waals surface area (Å²) in [6, 6.07) is 5.62. The molecule has 0 saturated carbocycles. The monoisotopic (exact) mass is 246 g/mol. The molecule has 2 rings (SSSR count). The fourth-order valence-electron chi connectivity index (χ4n) is 1.98. The lowest BCUT2D eigenvalue weighted by Crippen LogP contribution is -2.48. The lowest BCUT2D eigenvalue weighted by molar-refractivity contribution is -0.120. The van der Waals surface area contributed by atoms with Crippen LogP contribution in [0.2, 0.25) is 0 Å². The van der Waals surface area contributed by atoms with E-state index in [0.717, 1.165) is 23.0 Å². The van der Waals surface area contributed by atoms with E-state index in [1.54, 1.807) is 13.1 Å². The van der Waals surface area contributed by atoms with Crippen LogP contribution in [0.25, 0.3) is 10.9 Å². The molecule has 0 bridgehead atoms. The minimum absolute atomic E-state index is 0.168. The van der Waals surface area contributed by atoms with E-state index in [1.807, 2.05) is 25.1 Å². The molecule has 1 aromatic carbocycles.